The van der Waals surface area contributed by atoms with Crippen molar-refractivity contribution in [3.05, 3.63) is 0 Å². The zero-order chi connectivity index (χ0) is 13.1. The van der Waals surface area contributed by atoms with E-state index in [-0.39, 0.29) is 0 Å². The van der Waals surface area contributed by atoms with Gasteiger partial charge in [-0.05, 0) is 39.2 Å². The molecule has 0 radical (unpaired) electrons. The van der Waals surface area contributed by atoms with Gasteiger partial charge < -0.3 is 0 Å². The van der Waals surface area contributed by atoms with E-state index >= 15 is 0 Å². The lowest BCUT2D eigenvalue weighted by Crippen LogP contribution is -2.46. The Morgan fingerprint density at radius 2 is 1.38 bits per heavy atom. The van der Waals surface area contributed by atoms with E-state index < -0.39 is 0 Å². The normalized spacial score (nSPS) is 21.0. The molecule has 1 aliphatic heterocycles. The highest BCUT2D eigenvalue weighted by atomic mass is 15.2. The van der Waals surface area contributed by atoms with E-state index in [1.54, 1.807) is 0 Å². The molecule has 1 unspecified atom stereocenters. The lowest BCUT2D eigenvalue weighted by atomic mass is 9.92. The van der Waals surface area contributed by atoms with Gasteiger partial charge in [0.25, 0.3) is 0 Å². The Labute approximate surface area is 105 Å². The first kappa shape index (κ1) is 18.3. The van der Waals surface area contributed by atoms with Crippen LogP contribution in [-0.2, 0) is 0 Å². The monoisotopic (exact) mass is 229 g/mol. The Morgan fingerprint density at radius 1 is 0.875 bits per heavy atom. The quantitative estimate of drug-likeness (QED) is 0.647. The summed E-state index contributed by atoms with van der Waals surface area (Å²) in [6.07, 6.45) is 4.25. The summed E-state index contributed by atoms with van der Waals surface area (Å²) in [6.45, 7) is 18.7. The highest BCUT2D eigenvalue weighted by Gasteiger charge is 2.26. The largest absolute Gasteiger partial charge is 0.298 e. The second-order valence-electron chi connectivity index (χ2n) is 4.64. The predicted molar refractivity (Wildman–Crippen MR) is 77.0 cm³/mol. The molecule has 0 aromatic carbocycles. The number of hydrogen-bond donors (Lipinski definition) is 0. The number of rotatable bonds is 2. The summed E-state index contributed by atoms with van der Waals surface area (Å²) in [4.78, 5) is 2.67. The van der Waals surface area contributed by atoms with Gasteiger partial charge in [-0.2, -0.15) is 0 Å². The van der Waals surface area contributed by atoms with E-state index in [9.17, 15) is 0 Å². The lowest BCUT2D eigenvalue weighted by Gasteiger charge is -2.40. The highest BCUT2D eigenvalue weighted by molar-refractivity contribution is 4.81. The van der Waals surface area contributed by atoms with Crippen LogP contribution in [0.15, 0.2) is 0 Å². The van der Waals surface area contributed by atoms with Crippen molar-refractivity contribution in [3.8, 4) is 0 Å². The topological polar surface area (TPSA) is 3.24 Å². The van der Waals surface area contributed by atoms with E-state index in [1.165, 1.54) is 25.8 Å². The maximum absolute atomic E-state index is 2.67. The second-order valence-corrected chi connectivity index (χ2v) is 4.64. The molecule has 1 saturated heterocycles. The third kappa shape index (κ3) is 6.52. The summed E-state index contributed by atoms with van der Waals surface area (Å²) in [7, 11) is 0. The molecular weight excluding hydrogens is 194 g/mol. The van der Waals surface area contributed by atoms with Gasteiger partial charge >= 0.3 is 0 Å². The molecule has 1 atom stereocenters. The minimum absolute atomic E-state index is 0.734. The van der Waals surface area contributed by atoms with Crippen LogP contribution in [0, 0.1) is 5.92 Å². The van der Waals surface area contributed by atoms with E-state index in [4.69, 9.17) is 0 Å². The molecule has 0 N–H and O–H groups in total. The van der Waals surface area contributed by atoms with Crippen molar-refractivity contribution in [1.29, 1.82) is 0 Å². The summed E-state index contributed by atoms with van der Waals surface area (Å²) in [5.41, 5.74) is 0. The molecule has 0 bridgehead atoms. The zero-order valence-corrected chi connectivity index (χ0v) is 13.0. The minimum atomic E-state index is 0.734. The molecule has 100 valence electrons. The molecular formula is C15H35N. The fraction of sp³-hybridized carbons (Fsp3) is 1.00. The number of hydrogen-bond acceptors (Lipinski definition) is 1. The first-order chi connectivity index (χ1) is 7.63. The molecule has 1 nitrogen and oxygen atoms in total. The fourth-order valence-electron chi connectivity index (χ4n) is 2.34. The van der Waals surface area contributed by atoms with Crippen LogP contribution >= 0.6 is 0 Å². The molecule has 0 amide bonds. The molecule has 1 aliphatic rings. The Kier molecular flexibility index (Phi) is 13.1. The van der Waals surface area contributed by atoms with E-state index in [2.05, 4.69) is 32.6 Å². The van der Waals surface area contributed by atoms with E-state index in [0.29, 0.717) is 0 Å². The van der Waals surface area contributed by atoms with Crippen molar-refractivity contribution in [2.24, 2.45) is 5.92 Å². The van der Waals surface area contributed by atoms with Crippen LogP contribution in [0.4, 0.5) is 0 Å². The van der Waals surface area contributed by atoms with Gasteiger partial charge in [-0.25, -0.2) is 0 Å². The van der Waals surface area contributed by atoms with Crippen LogP contribution in [0.2, 0.25) is 0 Å². The van der Waals surface area contributed by atoms with Crippen molar-refractivity contribution >= 4 is 0 Å². The van der Waals surface area contributed by atoms with Crippen molar-refractivity contribution in [1.82, 2.24) is 4.90 Å². The van der Waals surface area contributed by atoms with Gasteiger partial charge in [0.2, 0.25) is 0 Å². The van der Waals surface area contributed by atoms with Crippen LogP contribution in [0.25, 0.3) is 0 Å². The van der Waals surface area contributed by atoms with E-state index in [0.717, 1.165) is 18.0 Å². The first-order valence-electron chi connectivity index (χ1n) is 7.38. The number of piperidine rings is 1. The van der Waals surface area contributed by atoms with Crippen LogP contribution in [0.1, 0.15) is 74.7 Å². The summed E-state index contributed by atoms with van der Waals surface area (Å²) >= 11 is 0. The smallest absolute Gasteiger partial charge is 0.0121 e. The van der Waals surface area contributed by atoms with Gasteiger partial charge in [0.05, 0.1) is 0 Å². The second kappa shape index (κ2) is 11.4. The maximum Gasteiger partial charge on any atom is 0.0121 e. The Bertz CT molecular complexity index is 113. The lowest BCUT2D eigenvalue weighted by molar-refractivity contribution is 0.0808. The van der Waals surface area contributed by atoms with Gasteiger partial charge in [-0.1, -0.05) is 48.0 Å². The summed E-state index contributed by atoms with van der Waals surface area (Å²) < 4.78 is 0. The first-order valence-corrected chi connectivity index (χ1v) is 7.38. The molecule has 1 heteroatoms. The molecule has 0 spiro atoms. The van der Waals surface area contributed by atoms with Gasteiger partial charge in [0.15, 0.2) is 0 Å². The maximum atomic E-state index is 2.67. The molecule has 1 rings (SSSR count). The molecule has 1 heterocycles. The van der Waals surface area contributed by atoms with Gasteiger partial charge in [-0.3, -0.25) is 4.90 Å². The van der Waals surface area contributed by atoms with Crippen molar-refractivity contribution in [2.75, 3.05) is 6.54 Å². The molecule has 16 heavy (non-hydrogen) atoms. The minimum Gasteiger partial charge on any atom is -0.298 e. The van der Waals surface area contributed by atoms with Crippen LogP contribution < -0.4 is 0 Å². The standard InChI is InChI=1S/C11H23N.2C2H6/c1-9(2)11-7-5-6-8-12(11)10(3)4;2*1-2/h9-11H,5-8H2,1-4H3;2*1-2H3. The molecule has 1 fully saturated rings. The Balaban J connectivity index is 0. The third-order valence-corrected chi connectivity index (χ3v) is 3.03. The number of nitrogens with zero attached hydrogens (tertiary/aromatic N) is 1. The van der Waals surface area contributed by atoms with Crippen LogP contribution in [0.3, 0.4) is 0 Å². The third-order valence-electron chi connectivity index (χ3n) is 3.03. The highest BCUT2D eigenvalue weighted by Crippen LogP contribution is 2.24. The van der Waals surface area contributed by atoms with Gasteiger partial charge in [0.1, 0.15) is 0 Å². The Morgan fingerprint density at radius 3 is 1.69 bits per heavy atom. The molecule has 0 aromatic heterocycles. The van der Waals surface area contributed by atoms with Gasteiger partial charge in [-0.15, -0.1) is 0 Å². The molecule has 0 saturated carbocycles. The van der Waals surface area contributed by atoms with E-state index in [1.807, 2.05) is 27.7 Å². The fourth-order valence-corrected chi connectivity index (χ4v) is 2.34. The average Bonchev–Trinajstić information content (AvgIpc) is 2.34. The van der Waals surface area contributed by atoms with Crippen molar-refractivity contribution < 1.29 is 0 Å². The van der Waals surface area contributed by atoms with Crippen LogP contribution in [0.5, 0.6) is 0 Å². The SMILES string of the molecule is CC.CC.CC(C)C1CCCCN1C(C)C. The summed E-state index contributed by atoms with van der Waals surface area (Å²) in [5.74, 6) is 0.827. The average molecular weight is 229 g/mol. The molecule has 0 aromatic rings. The summed E-state index contributed by atoms with van der Waals surface area (Å²) in [6, 6.07) is 1.58. The van der Waals surface area contributed by atoms with Crippen LogP contribution in [-0.4, -0.2) is 23.5 Å². The summed E-state index contributed by atoms with van der Waals surface area (Å²) in [5, 5.41) is 0. The Hall–Kier alpha value is -0.0400. The zero-order valence-electron chi connectivity index (χ0n) is 13.0. The number of likely N-dealkylation sites (tertiary alicyclic amines) is 1. The van der Waals surface area contributed by atoms with Gasteiger partial charge in [0, 0.05) is 12.1 Å². The predicted octanol–water partition coefficient (Wildman–Crippen LogP) is 4.96. The van der Waals surface area contributed by atoms with Crippen molar-refractivity contribution in [2.45, 2.75) is 86.7 Å². The van der Waals surface area contributed by atoms with Crippen molar-refractivity contribution in [3.63, 3.8) is 0 Å². The molecule has 0 aliphatic carbocycles.